The molecule has 0 amide bonds. The van der Waals surface area contributed by atoms with Gasteiger partial charge in [-0.05, 0) is 35.7 Å². The molecule has 0 radical (unpaired) electrons. The van der Waals surface area contributed by atoms with Crippen molar-refractivity contribution in [3.05, 3.63) is 90.3 Å². The van der Waals surface area contributed by atoms with Crippen LogP contribution < -0.4 is 10.9 Å². The van der Waals surface area contributed by atoms with Crippen LogP contribution >= 0.6 is 0 Å². The van der Waals surface area contributed by atoms with Crippen molar-refractivity contribution in [1.29, 1.82) is 0 Å². The molecule has 1 unspecified atom stereocenters. The summed E-state index contributed by atoms with van der Waals surface area (Å²) < 4.78 is 0. The number of hydrazine groups is 1. The first kappa shape index (κ1) is 14.6. The number of amidine groups is 1. The van der Waals surface area contributed by atoms with E-state index in [0.717, 1.165) is 22.7 Å². The maximum atomic E-state index is 4.83. The van der Waals surface area contributed by atoms with Gasteiger partial charge in [0, 0.05) is 6.20 Å². The maximum absolute atomic E-state index is 4.83. The van der Waals surface area contributed by atoms with Crippen LogP contribution in [-0.2, 0) is 5.66 Å². The fraction of sp³-hybridized carbons (Fsp3) is 0.100. The van der Waals surface area contributed by atoms with Gasteiger partial charge in [0.2, 0.25) is 0 Å². The second-order valence-electron chi connectivity index (χ2n) is 5.94. The van der Waals surface area contributed by atoms with Gasteiger partial charge < -0.3 is 5.43 Å². The highest BCUT2D eigenvalue weighted by Gasteiger charge is 2.31. The van der Waals surface area contributed by atoms with Crippen LogP contribution in [0, 0.1) is 0 Å². The molecule has 24 heavy (non-hydrogen) atoms. The van der Waals surface area contributed by atoms with Crippen molar-refractivity contribution in [1.82, 2.24) is 15.8 Å². The Morgan fingerprint density at radius 3 is 2.29 bits per heavy atom. The van der Waals surface area contributed by atoms with Crippen LogP contribution in [0.3, 0.4) is 0 Å². The highest BCUT2D eigenvalue weighted by atomic mass is 15.5. The number of nitrogens with zero attached hydrogens (tertiary/aromatic N) is 2. The summed E-state index contributed by atoms with van der Waals surface area (Å²) in [4.78, 5) is 9.30. The van der Waals surface area contributed by atoms with E-state index < -0.39 is 5.66 Å². The number of benzene rings is 2. The van der Waals surface area contributed by atoms with Gasteiger partial charge in [-0.3, -0.25) is 4.98 Å². The van der Waals surface area contributed by atoms with E-state index in [0.29, 0.717) is 0 Å². The van der Waals surface area contributed by atoms with Crippen molar-refractivity contribution >= 4 is 5.84 Å². The third-order valence-electron chi connectivity index (χ3n) is 4.21. The van der Waals surface area contributed by atoms with Gasteiger partial charge in [-0.25, -0.2) is 10.4 Å². The van der Waals surface area contributed by atoms with Crippen LogP contribution in [-0.4, -0.2) is 10.8 Å². The van der Waals surface area contributed by atoms with Crippen LogP contribution in [0.25, 0.3) is 11.1 Å². The van der Waals surface area contributed by atoms with Crippen LogP contribution in [0.5, 0.6) is 0 Å². The highest BCUT2D eigenvalue weighted by molar-refractivity contribution is 5.99. The van der Waals surface area contributed by atoms with Crippen molar-refractivity contribution in [2.45, 2.75) is 12.6 Å². The van der Waals surface area contributed by atoms with Gasteiger partial charge in [0.25, 0.3) is 0 Å². The summed E-state index contributed by atoms with van der Waals surface area (Å²) in [5, 5.41) is 0. The Morgan fingerprint density at radius 1 is 0.833 bits per heavy atom. The molecule has 4 nitrogen and oxygen atoms in total. The fourth-order valence-corrected chi connectivity index (χ4v) is 2.85. The van der Waals surface area contributed by atoms with Gasteiger partial charge in [0.1, 0.15) is 5.69 Å². The summed E-state index contributed by atoms with van der Waals surface area (Å²) in [7, 11) is 0. The van der Waals surface area contributed by atoms with E-state index in [1.54, 1.807) is 0 Å². The van der Waals surface area contributed by atoms with E-state index in [4.69, 9.17) is 4.99 Å². The van der Waals surface area contributed by atoms with Crippen LogP contribution in [0.4, 0.5) is 0 Å². The first-order chi connectivity index (χ1) is 11.7. The molecule has 1 aliphatic rings. The second kappa shape index (κ2) is 5.91. The van der Waals surface area contributed by atoms with E-state index in [2.05, 4.69) is 46.2 Å². The molecule has 0 bridgehead atoms. The number of aromatic nitrogens is 1. The molecular weight excluding hydrogens is 296 g/mol. The minimum absolute atomic E-state index is 0.499. The lowest BCUT2D eigenvalue weighted by atomic mass is 10.0. The van der Waals surface area contributed by atoms with E-state index in [-0.39, 0.29) is 0 Å². The van der Waals surface area contributed by atoms with Crippen molar-refractivity contribution in [2.24, 2.45) is 4.99 Å². The Hall–Kier alpha value is -2.98. The van der Waals surface area contributed by atoms with Crippen LogP contribution in [0.2, 0.25) is 0 Å². The Bertz CT molecular complexity index is 874. The SMILES string of the molecule is CC1(c2ccccc2)N=C(c2cc(-c3ccccc3)ccn2)NN1. The minimum Gasteiger partial charge on any atom is -0.302 e. The molecule has 2 heterocycles. The predicted octanol–water partition coefficient (Wildman–Crippen LogP) is 3.48. The molecule has 2 aromatic carbocycles. The Balaban J connectivity index is 1.69. The van der Waals surface area contributed by atoms with E-state index in [9.17, 15) is 0 Å². The van der Waals surface area contributed by atoms with Gasteiger partial charge in [-0.1, -0.05) is 60.7 Å². The average molecular weight is 314 g/mol. The molecule has 0 fully saturated rings. The molecule has 3 aromatic rings. The Labute approximate surface area is 141 Å². The lowest BCUT2D eigenvalue weighted by Crippen LogP contribution is -2.41. The van der Waals surface area contributed by atoms with Crippen molar-refractivity contribution < 1.29 is 0 Å². The Kier molecular flexibility index (Phi) is 3.59. The number of aliphatic imine (C=N–C) groups is 1. The highest BCUT2D eigenvalue weighted by Crippen LogP contribution is 2.26. The van der Waals surface area contributed by atoms with E-state index in [1.807, 2.05) is 55.6 Å². The molecule has 4 heteroatoms. The van der Waals surface area contributed by atoms with Gasteiger partial charge in [0.05, 0.1) is 0 Å². The third kappa shape index (κ3) is 2.68. The minimum atomic E-state index is -0.499. The zero-order chi connectivity index (χ0) is 16.4. The first-order valence-corrected chi connectivity index (χ1v) is 7.95. The van der Waals surface area contributed by atoms with E-state index >= 15 is 0 Å². The quantitative estimate of drug-likeness (QED) is 0.778. The van der Waals surface area contributed by atoms with Crippen LogP contribution in [0.15, 0.2) is 84.0 Å². The summed E-state index contributed by atoms with van der Waals surface area (Å²) in [6, 6.07) is 24.5. The third-order valence-corrected chi connectivity index (χ3v) is 4.21. The summed E-state index contributed by atoms with van der Waals surface area (Å²) in [5.74, 6) is 0.749. The first-order valence-electron chi connectivity index (χ1n) is 7.95. The van der Waals surface area contributed by atoms with Gasteiger partial charge >= 0.3 is 0 Å². The molecule has 0 aliphatic carbocycles. The largest absolute Gasteiger partial charge is 0.302 e. The van der Waals surface area contributed by atoms with Gasteiger partial charge in [0.15, 0.2) is 11.5 Å². The number of nitrogens with one attached hydrogen (secondary N) is 2. The summed E-state index contributed by atoms with van der Waals surface area (Å²) >= 11 is 0. The molecule has 118 valence electrons. The summed E-state index contributed by atoms with van der Waals surface area (Å²) in [5.41, 5.74) is 10.2. The molecule has 1 aromatic heterocycles. The number of pyridine rings is 1. The smallest absolute Gasteiger partial charge is 0.164 e. The molecule has 0 saturated heterocycles. The maximum Gasteiger partial charge on any atom is 0.164 e. The van der Waals surface area contributed by atoms with Crippen LogP contribution in [0.1, 0.15) is 18.2 Å². The average Bonchev–Trinajstić information content (AvgIpc) is 3.07. The predicted molar refractivity (Wildman–Crippen MR) is 96.3 cm³/mol. The van der Waals surface area contributed by atoms with Crippen molar-refractivity contribution in [3.63, 3.8) is 0 Å². The zero-order valence-electron chi connectivity index (χ0n) is 13.4. The number of hydrogen-bond donors (Lipinski definition) is 2. The molecule has 1 aliphatic heterocycles. The molecule has 0 saturated carbocycles. The monoisotopic (exact) mass is 314 g/mol. The molecule has 4 rings (SSSR count). The lowest BCUT2D eigenvalue weighted by Gasteiger charge is -2.20. The molecular formula is C20H18N4. The standard InChI is InChI=1S/C20H18N4/c1-20(17-10-6-3-7-11-17)22-19(23-24-20)18-14-16(12-13-21-18)15-8-4-2-5-9-15/h2-14,24H,1H3,(H,22,23). The fourth-order valence-electron chi connectivity index (χ4n) is 2.85. The molecule has 0 spiro atoms. The summed E-state index contributed by atoms with van der Waals surface area (Å²) in [6.45, 7) is 2.05. The second-order valence-corrected chi connectivity index (χ2v) is 5.94. The van der Waals surface area contributed by atoms with Gasteiger partial charge in [-0.15, -0.1) is 0 Å². The number of rotatable bonds is 3. The number of hydrogen-bond acceptors (Lipinski definition) is 4. The van der Waals surface area contributed by atoms with Gasteiger partial charge in [-0.2, -0.15) is 0 Å². The van der Waals surface area contributed by atoms with E-state index in [1.165, 1.54) is 5.56 Å². The van der Waals surface area contributed by atoms with Crippen molar-refractivity contribution in [3.8, 4) is 11.1 Å². The lowest BCUT2D eigenvalue weighted by molar-refractivity contribution is 0.398. The molecule has 2 N–H and O–H groups in total. The topological polar surface area (TPSA) is 49.3 Å². The molecule has 1 atom stereocenters. The van der Waals surface area contributed by atoms with Crippen molar-refractivity contribution in [2.75, 3.05) is 0 Å². The normalized spacial score (nSPS) is 19.6. The zero-order valence-corrected chi connectivity index (χ0v) is 13.4. The summed E-state index contributed by atoms with van der Waals surface area (Å²) in [6.07, 6.45) is 1.82. The Morgan fingerprint density at radius 2 is 1.54 bits per heavy atom.